The first-order chi connectivity index (χ1) is 9.16. The van der Waals surface area contributed by atoms with Crippen molar-refractivity contribution in [2.45, 2.75) is 19.3 Å². The van der Waals surface area contributed by atoms with Crippen LogP contribution in [0, 0.1) is 5.41 Å². The molecule has 0 bridgehead atoms. The monoisotopic (exact) mass is 273 g/mol. The molecule has 3 heteroatoms. The maximum absolute atomic E-state index is 9.67. The summed E-state index contributed by atoms with van der Waals surface area (Å²) in [6.07, 6.45) is 2.45. The Morgan fingerprint density at radius 3 is 2.42 bits per heavy atom. The van der Waals surface area contributed by atoms with E-state index in [4.69, 9.17) is 17.0 Å². The lowest BCUT2D eigenvalue weighted by atomic mass is 10.0. The first-order valence-corrected chi connectivity index (χ1v) is 6.65. The van der Waals surface area contributed by atoms with Crippen molar-refractivity contribution in [2.75, 3.05) is 0 Å². The zero-order valence-electron chi connectivity index (χ0n) is 10.6. The molecular formula is C16H16ClNO. The predicted molar refractivity (Wildman–Crippen MR) is 79.3 cm³/mol. The molecule has 98 valence electrons. The van der Waals surface area contributed by atoms with Crippen molar-refractivity contribution in [3.63, 3.8) is 0 Å². The summed E-state index contributed by atoms with van der Waals surface area (Å²) >= 11 is 5.83. The van der Waals surface area contributed by atoms with Crippen LogP contribution in [0.25, 0.3) is 0 Å². The molecule has 0 atom stereocenters. The summed E-state index contributed by atoms with van der Waals surface area (Å²) in [6, 6.07) is 14.8. The van der Waals surface area contributed by atoms with Crippen molar-refractivity contribution >= 4 is 17.3 Å². The number of phenols is 1. The molecule has 0 radical (unpaired) electrons. The van der Waals surface area contributed by atoms with Crippen molar-refractivity contribution in [1.29, 1.82) is 5.41 Å². The van der Waals surface area contributed by atoms with Gasteiger partial charge in [0.2, 0.25) is 0 Å². The summed E-state index contributed by atoms with van der Waals surface area (Å²) < 4.78 is 0. The Balaban J connectivity index is 1.88. The van der Waals surface area contributed by atoms with Crippen LogP contribution in [-0.4, -0.2) is 10.8 Å². The SMILES string of the molecule is N=C(CCCc1ccc(Cl)cc1)c1ccccc1O. The Hall–Kier alpha value is -1.80. The highest BCUT2D eigenvalue weighted by molar-refractivity contribution is 6.30. The smallest absolute Gasteiger partial charge is 0.124 e. The summed E-state index contributed by atoms with van der Waals surface area (Å²) in [4.78, 5) is 0. The van der Waals surface area contributed by atoms with Gasteiger partial charge >= 0.3 is 0 Å². The fraction of sp³-hybridized carbons (Fsp3) is 0.188. The molecule has 0 aliphatic carbocycles. The van der Waals surface area contributed by atoms with Crippen molar-refractivity contribution in [3.05, 3.63) is 64.7 Å². The molecule has 2 N–H and O–H groups in total. The molecule has 0 saturated carbocycles. The minimum atomic E-state index is 0.180. The molecule has 0 heterocycles. The van der Waals surface area contributed by atoms with Gasteiger partial charge in [-0.25, -0.2) is 0 Å². The molecule has 2 nitrogen and oxygen atoms in total. The fourth-order valence-corrected chi connectivity index (χ4v) is 2.11. The Bertz CT molecular complexity index is 563. The molecule has 0 amide bonds. The minimum Gasteiger partial charge on any atom is -0.507 e. The van der Waals surface area contributed by atoms with E-state index in [0.717, 1.165) is 17.9 Å². The van der Waals surface area contributed by atoms with E-state index in [2.05, 4.69) is 0 Å². The van der Waals surface area contributed by atoms with Gasteiger partial charge in [-0.05, 0) is 49.1 Å². The number of nitrogens with one attached hydrogen (secondary N) is 1. The maximum Gasteiger partial charge on any atom is 0.124 e. The molecule has 0 saturated heterocycles. The van der Waals surface area contributed by atoms with Gasteiger partial charge in [0.25, 0.3) is 0 Å². The topological polar surface area (TPSA) is 44.1 Å². The van der Waals surface area contributed by atoms with E-state index in [9.17, 15) is 5.11 Å². The van der Waals surface area contributed by atoms with Gasteiger partial charge in [-0.15, -0.1) is 0 Å². The Morgan fingerprint density at radius 2 is 1.74 bits per heavy atom. The third-order valence-electron chi connectivity index (χ3n) is 3.03. The number of rotatable bonds is 5. The second-order valence-electron chi connectivity index (χ2n) is 4.48. The zero-order chi connectivity index (χ0) is 13.7. The number of benzene rings is 2. The zero-order valence-corrected chi connectivity index (χ0v) is 11.3. The van der Waals surface area contributed by atoms with Crippen molar-refractivity contribution < 1.29 is 5.11 Å². The Labute approximate surface area is 118 Å². The number of para-hydroxylation sites is 1. The summed E-state index contributed by atoms with van der Waals surface area (Å²) in [5, 5.41) is 18.4. The van der Waals surface area contributed by atoms with E-state index in [1.165, 1.54) is 5.56 Å². The number of halogens is 1. The minimum absolute atomic E-state index is 0.180. The molecule has 0 spiro atoms. The van der Waals surface area contributed by atoms with Gasteiger partial charge in [0.15, 0.2) is 0 Å². The molecule has 0 aromatic heterocycles. The standard InChI is InChI=1S/C16H16ClNO/c17-13-10-8-12(9-11-13)4-3-6-15(18)14-5-1-2-7-16(14)19/h1-2,5,7-11,18-19H,3-4,6H2. The summed E-state index contributed by atoms with van der Waals surface area (Å²) in [5.74, 6) is 0.180. The van der Waals surface area contributed by atoms with Gasteiger partial charge in [0, 0.05) is 16.3 Å². The van der Waals surface area contributed by atoms with Crippen LogP contribution in [0.2, 0.25) is 5.02 Å². The number of aryl methyl sites for hydroxylation is 1. The van der Waals surface area contributed by atoms with Gasteiger partial charge < -0.3 is 10.5 Å². The van der Waals surface area contributed by atoms with Gasteiger partial charge in [-0.1, -0.05) is 35.9 Å². The molecular weight excluding hydrogens is 258 g/mol. The highest BCUT2D eigenvalue weighted by Gasteiger charge is 2.06. The largest absolute Gasteiger partial charge is 0.507 e. The van der Waals surface area contributed by atoms with Crippen LogP contribution in [0.1, 0.15) is 24.0 Å². The predicted octanol–water partition coefficient (Wildman–Crippen LogP) is 4.44. The molecule has 2 rings (SSSR count). The number of phenolic OH excluding ortho intramolecular Hbond substituents is 1. The quantitative estimate of drug-likeness (QED) is 0.778. The summed E-state index contributed by atoms with van der Waals surface area (Å²) in [7, 11) is 0. The average molecular weight is 274 g/mol. The first kappa shape index (κ1) is 13.6. The normalized spacial score (nSPS) is 10.4. The second kappa shape index (κ2) is 6.39. The first-order valence-electron chi connectivity index (χ1n) is 6.27. The van der Waals surface area contributed by atoms with Gasteiger partial charge in [0.1, 0.15) is 5.75 Å². The number of hydrogen-bond acceptors (Lipinski definition) is 2. The third kappa shape index (κ3) is 3.83. The second-order valence-corrected chi connectivity index (χ2v) is 4.91. The lowest BCUT2D eigenvalue weighted by Gasteiger charge is -2.06. The number of hydrogen-bond donors (Lipinski definition) is 2. The molecule has 2 aromatic carbocycles. The summed E-state index contributed by atoms with van der Waals surface area (Å²) in [5.41, 5.74) is 2.32. The highest BCUT2D eigenvalue weighted by Crippen LogP contribution is 2.19. The fourth-order valence-electron chi connectivity index (χ4n) is 1.98. The van der Waals surface area contributed by atoms with E-state index in [1.807, 2.05) is 30.3 Å². The highest BCUT2D eigenvalue weighted by atomic mass is 35.5. The van der Waals surface area contributed by atoms with Gasteiger partial charge in [-0.2, -0.15) is 0 Å². The van der Waals surface area contributed by atoms with Crippen LogP contribution in [0.3, 0.4) is 0 Å². The maximum atomic E-state index is 9.67. The Morgan fingerprint density at radius 1 is 1.05 bits per heavy atom. The molecule has 0 aliphatic rings. The van der Waals surface area contributed by atoms with Crippen molar-refractivity contribution in [2.24, 2.45) is 0 Å². The molecule has 0 fully saturated rings. The molecule has 19 heavy (non-hydrogen) atoms. The molecule has 0 aliphatic heterocycles. The van der Waals surface area contributed by atoms with Gasteiger partial charge in [-0.3, -0.25) is 0 Å². The van der Waals surface area contributed by atoms with Gasteiger partial charge in [0.05, 0.1) is 0 Å². The van der Waals surface area contributed by atoms with Crippen LogP contribution in [0.15, 0.2) is 48.5 Å². The van der Waals surface area contributed by atoms with E-state index >= 15 is 0 Å². The van der Waals surface area contributed by atoms with Crippen molar-refractivity contribution in [1.82, 2.24) is 0 Å². The van der Waals surface area contributed by atoms with E-state index in [1.54, 1.807) is 18.2 Å². The van der Waals surface area contributed by atoms with E-state index in [0.29, 0.717) is 17.7 Å². The summed E-state index contributed by atoms with van der Waals surface area (Å²) in [6.45, 7) is 0. The van der Waals surface area contributed by atoms with Crippen LogP contribution in [0.4, 0.5) is 0 Å². The van der Waals surface area contributed by atoms with Crippen LogP contribution >= 0.6 is 11.6 Å². The van der Waals surface area contributed by atoms with Crippen LogP contribution < -0.4 is 0 Å². The van der Waals surface area contributed by atoms with E-state index in [-0.39, 0.29) is 5.75 Å². The Kier molecular flexibility index (Phi) is 4.58. The number of aromatic hydroxyl groups is 1. The van der Waals surface area contributed by atoms with E-state index < -0.39 is 0 Å². The van der Waals surface area contributed by atoms with Crippen LogP contribution in [-0.2, 0) is 6.42 Å². The van der Waals surface area contributed by atoms with Crippen molar-refractivity contribution in [3.8, 4) is 5.75 Å². The third-order valence-corrected chi connectivity index (χ3v) is 3.29. The molecule has 2 aromatic rings. The lowest BCUT2D eigenvalue weighted by Crippen LogP contribution is -2.00. The average Bonchev–Trinajstić information content (AvgIpc) is 2.41. The van der Waals surface area contributed by atoms with Crippen LogP contribution in [0.5, 0.6) is 5.75 Å². The molecule has 0 unspecified atom stereocenters. The lowest BCUT2D eigenvalue weighted by molar-refractivity contribution is 0.474.